The van der Waals surface area contributed by atoms with Crippen molar-refractivity contribution in [2.75, 3.05) is 23.3 Å². The molecule has 7 nitrogen and oxygen atoms in total. The maximum atomic E-state index is 13.7. The van der Waals surface area contributed by atoms with Gasteiger partial charge in [-0.1, -0.05) is 0 Å². The van der Waals surface area contributed by atoms with E-state index >= 15 is 0 Å². The van der Waals surface area contributed by atoms with E-state index in [0.29, 0.717) is 24.7 Å². The molecule has 1 heterocycles. The van der Waals surface area contributed by atoms with Crippen LogP contribution in [-0.4, -0.2) is 27.5 Å². The van der Waals surface area contributed by atoms with Crippen molar-refractivity contribution in [3.8, 4) is 11.5 Å². The molecular formula is C21H16F2N2O5S. The van der Waals surface area contributed by atoms with Crippen molar-refractivity contribution in [3.63, 3.8) is 0 Å². The highest BCUT2D eigenvalue weighted by Gasteiger charge is 2.20. The van der Waals surface area contributed by atoms with Gasteiger partial charge in [-0.25, -0.2) is 17.2 Å². The lowest BCUT2D eigenvalue weighted by Gasteiger charge is -2.19. The number of rotatable bonds is 5. The monoisotopic (exact) mass is 446 g/mol. The van der Waals surface area contributed by atoms with Gasteiger partial charge in [-0.3, -0.25) is 9.52 Å². The van der Waals surface area contributed by atoms with E-state index in [1.807, 2.05) is 0 Å². The summed E-state index contributed by atoms with van der Waals surface area (Å²) in [5, 5.41) is 2.43. The third-order valence-electron chi connectivity index (χ3n) is 4.39. The predicted molar refractivity (Wildman–Crippen MR) is 109 cm³/mol. The minimum Gasteiger partial charge on any atom is -0.486 e. The lowest BCUT2D eigenvalue weighted by atomic mass is 10.2. The molecule has 0 bridgehead atoms. The van der Waals surface area contributed by atoms with E-state index in [1.54, 1.807) is 0 Å². The Morgan fingerprint density at radius 2 is 1.52 bits per heavy atom. The number of benzene rings is 3. The second-order valence-electron chi connectivity index (χ2n) is 6.57. The summed E-state index contributed by atoms with van der Waals surface area (Å²) < 4.78 is 65.5. The van der Waals surface area contributed by atoms with E-state index in [1.165, 1.54) is 42.5 Å². The second kappa shape index (κ2) is 8.23. The first-order valence-corrected chi connectivity index (χ1v) is 10.6. The fourth-order valence-corrected chi connectivity index (χ4v) is 3.97. The smallest absolute Gasteiger partial charge is 0.262 e. The van der Waals surface area contributed by atoms with Gasteiger partial charge in [0.2, 0.25) is 0 Å². The first-order valence-electron chi connectivity index (χ1n) is 9.11. The Morgan fingerprint density at radius 1 is 0.839 bits per heavy atom. The molecule has 0 fully saturated rings. The van der Waals surface area contributed by atoms with Gasteiger partial charge in [0.05, 0.1) is 10.5 Å². The number of hydrogen-bond donors (Lipinski definition) is 2. The Hall–Kier alpha value is -3.66. The molecule has 0 radical (unpaired) electrons. The molecule has 0 saturated heterocycles. The maximum absolute atomic E-state index is 13.7. The second-order valence-corrected chi connectivity index (χ2v) is 8.25. The van der Waals surface area contributed by atoms with Crippen LogP contribution in [0.5, 0.6) is 11.5 Å². The molecule has 1 aliphatic rings. The summed E-state index contributed by atoms with van der Waals surface area (Å²) in [6.07, 6.45) is 0. The van der Waals surface area contributed by atoms with Gasteiger partial charge in [0, 0.05) is 17.4 Å². The van der Waals surface area contributed by atoms with Crippen LogP contribution in [0.15, 0.2) is 65.6 Å². The number of sulfonamides is 1. The number of carbonyl (C=O) groups is 1. The third kappa shape index (κ3) is 4.58. The van der Waals surface area contributed by atoms with Gasteiger partial charge >= 0.3 is 0 Å². The van der Waals surface area contributed by atoms with E-state index in [9.17, 15) is 22.0 Å². The molecule has 0 aliphatic carbocycles. The summed E-state index contributed by atoms with van der Waals surface area (Å²) in [6, 6.07) is 12.6. The topological polar surface area (TPSA) is 93.7 Å². The zero-order valence-corrected chi connectivity index (χ0v) is 16.7. The van der Waals surface area contributed by atoms with Gasteiger partial charge in [-0.05, 0) is 54.6 Å². The number of ether oxygens (including phenoxy) is 2. The molecule has 0 atom stereocenters. The van der Waals surface area contributed by atoms with Gasteiger partial charge in [0.25, 0.3) is 15.9 Å². The fraction of sp³-hybridized carbons (Fsp3) is 0.0952. The van der Waals surface area contributed by atoms with E-state index < -0.39 is 33.1 Å². The van der Waals surface area contributed by atoms with Crippen LogP contribution in [0.25, 0.3) is 0 Å². The number of amides is 1. The van der Waals surface area contributed by atoms with Gasteiger partial charge in [0.15, 0.2) is 11.5 Å². The van der Waals surface area contributed by atoms with Crippen LogP contribution < -0.4 is 19.5 Å². The van der Waals surface area contributed by atoms with Gasteiger partial charge in [0.1, 0.15) is 24.8 Å². The SMILES string of the molecule is O=C(Nc1ccc(NS(=O)(=O)c2ccc3c(c2)OCCO3)cc1)c1cc(F)ccc1F. The van der Waals surface area contributed by atoms with E-state index in [2.05, 4.69) is 10.0 Å². The van der Waals surface area contributed by atoms with E-state index in [4.69, 9.17) is 9.47 Å². The minimum absolute atomic E-state index is 0.00397. The number of nitrogens with one attached hydrogen (secondary N) is 2. The van der Waals surface area contributed by atoms with Crippen LogP contribution in [0.2, 0.25) is 0 Å². The number of fused-ring (bicyclic) bond motifs is 1. The number of halogens is 2. The minimum atomic E-state index is -3.90. The zero-order chi connectivity index (χ0) is 22.0. The van der Waals surface area contributed by atoms with Crippen LogP contribution >= 0.6 is 0 Å². The van der Waals surface area contributed by atoms with Crippen LogP contribution in [0.1, 0.15) is 10.4 Å². The highest BCUT2D eigenvalue weighted by atomic mass is 32.2. The highest BCUT2D eigenvalue weighted by molar-refractivity contribution is 7.92. The molecule has 0 aromatic heterocycles. The van der Waals surface area contributed by atoms with Crippen molar-refractivity contribution in [3.05, 3.63) is 77.9 Å². The van der Waals surface area contributed by atoms with Gasteiger partial charge in [-0.2, -0.15) is 0 Å². The predicted octanol–water partition coefficient (Wildman–Crippen LogP) is 3.79. The summed E-state index contributed by atoms with van der Waals surface area (Å²) in [7, 11) is -3.90. The average Bonchev–Trinajstić information content (AvgIpc) is 2.76. The van der Waals surface area contributed by atoms with Crippen LogP contribution in [-0.2, 0) is 10.0 Å². The third-order valence-corrected chi connectivity index (χ3v) is 5.77. The molecule has 0 saturated carbocycles. The largest absolute Gasteiger partial charge is 0.486 e. The van der Waals surface area contributed by atoms with Crippen molar-refractivity contribution < 1.29 is 31.5 Å². The summed E-state index contributed by atoms with van der Waals surface area (Å²) in [5.41, 5.74) is 0.0733. The lowest BCUT2D eigenvalue weighted by molar-refractivity contribution is 0.102. The Labute approximate surface area is 176 Å². The van der Waals surface area contributed by atoms with Crippen LogP contribution in [0, 0.1) is 11.6 Å². The molecule has 3 aromatic carbocycles. The summed E-state index contributed by atoms with van der Waals surface area (Å²) in [4.78, 5) is 12.1. The van der Waals surface area contributed by atoms with Crippen LogP contribution in [0.4, 0.5) is 20.2 Å². The summed E-state index contributed by atoms with van der Waals surface area (Å²) in [6.45, 7) is 0.725. The molecule has 1 aliphatic heterocycles. The fourth-order valence-electron chi connectivity index (χ4n) is 2.90. The molecule has 10 heteroatoms. The Balaban J connectivity index is 1.47. The lowest BCUT2D eigenvalue weighted by Crippen LogP contribution is -2.17. The van der Waals surface area contributed by atoms with Gasteiger partial charge < -0.3 is 14.8 Å². The van der Waals surface area contributed by atoms with Crippen molar-refractivity contribution in [1.82, 2.24) is 0 Å². The quantitative estimate of drug-likeness (QED) is 0.622. The highest BCUT2D eigenvalue weighted by Crippen LogP contribution is 2.32. The van der Waals surface area contributed by atoms with Crippen LogP contribution in [0.3, 0.4) is 0 Å². The molecule has 31 heavy (non-hydrogen) atoms. The number of carbonyl (C=O) groups excluding carboxylic acids is 1. The van der Waals surface area contributed by atoms with Crippen molar-refractivity contribution >= 4 is 27.3 Å². The summed E-state index contributed by atoms with van der Waals surface area (Å²) >= 11 is 0. The van der Waals surface area contributed by atoms with Gasteiger partial charge in [-0.15, -0.1) is 0 Å². The normalized spacial score (nSPS) is 12.8. The van der Waals surface area contributed by atoms with Crippen molar-refractivity contribution in [2.24, 2.45) is 0 Å². The molecule has 160 valence electrons. The molecule has 3 aromatic rings. The standard InChI is InChI=1S/C21H16F2N2O5S/c22-13-1-7-18(23)17(11-13)21(26)24-14-2-4-15(5-3-14)25-31(27,28)16-6-8-19-20(12-16)30-10-9-29-19/h1-8,11-12,25H,9-10H2,(H,24,26). The number of anilines is 2. The Kier molecular flexibility index (Phi) is 5.47. The van der Waals surface area contributed by atoms with Crippen molar-refractivity contribution in [2.45, 2.75) is 4.90 Å². The molecule has 0 spiro atoms. The molecule has 4 rings (SSSR count). The van der Waals surface area contributed by atoms with Crippen molar-refractivity contribution in [1.29, 1.82) is 0 Å². The molecule has 1 amide bonds. The molecule has 2 N–H and O–H groups in total. The molecule has 0 unspecified atom stereocenters. The number of hydrogen-bond acceptors (Lipinski definition) is 5. The molecular weight excluding hydrogens is 430 g/mol. The van der Waals surface area contributed by atoms with E-state index in [-0.39, 0.29) is 16.3 Å². The first kappa shape index (κ1) is 20.6. The first-order chi connectivity index (χ1) is 14.8. The Morgan fingerprint density at radius 3 is 2.26 bits per heavy atom. The maximum Gasteiger partial charge on any atom is 0.262 e. The van der Waals surface area contributed by atoms with E-state index in [0.717, 1.165) is 18.2 Å². The average molecular weight is 446 g/mol. The summed E-state index contributed by atoms with van der Waals surface area (Å²) in [5.74, 6) is -1.61. The zero-order valence-electron chi connectivity index (χ0n) is 15.9. The Bertz CT molecular complexity index is 1250.